The van der Waals surface area contributed by atoms with Crippen LogP contribution in [-0.2, 0) is 0 Å². The zero-order valence-corrected chi connectivity index (χ0v) is 10.6. The molecule has 17 heavy (non-hydrogen) atoms. The van der Waals surface area contributed by atoms with Crippen LogP contribution in [0.1, 0.15) is 38.3 Å². The molecular weight excluding hydrogens is 208 g/mol. The molecule has 2 N–H and O–H groups in total. The molecule has 1 heterocycles. The Morgan fingerprint density at radius 2 is 1.94 bits per heavy atom. The van der Waals surface area contributed by atoms with Crippen molar-refractivity contribution in [2.45, 2.75) is 32.7 Å². The molecule has 0 saturated heterocycles. The first kappa shape index (κ1) is 12.1. The van der Waals surface area contributed by atoms with Crippen molar-refractivity contribution in [3.63, 3.8) is 0 Å². The van der Waals surface area contributed by atoms with Gasteiger partial charge in [-0.1, -0.05) is 32.0 Å². The van der Waals surface area contributed by atoms with Gasteiger partial charge in [0, 0.05) is 17.6 Å². The number of hydrogen-bond acceptors (Lipinski definition) is 2. The molecule has 0 spiro atoms. The van der Waals surface area contributed by atoms with Gasteiger partial charge in [-0.25, -0.2) is 0 Å². The minimum atomic E-state index is 0.116. The summed E-state index contributed by atoms with van der Waals surface area (Å²) in [5, 5.41) is 1.19. The minimum Gasteiger partial charge on any atom is -0.324 e. The van der Waals surface area contributed by atoms with E-state index < -0.39 is 0 Å². The molecule has 0 aliphatic carbocycles. The third kappa shape index (κ3) is 2.83. The standard InChI is InChI=1S/C15H20N2/c1-11(2)8-9-14(16)12-5-3-7-15-13(12)6-4-10-17-15/h3-7,10-11,14H,8-9,16H2,1-2H3. The van der Waals surface area contributed by atoms with Gasteiger partial charge >= 0.3 is 0 Å². The molecule has 1 aromatic heterocycles. The van der Waals surface area contributed by atoms with Crippen LogP contribution in [0.25, 0.3) is 10.9 Å². The first-order valence-electron chi connectivity index (χ1n) is 6.27. The quantitative estimate of drug-likeness (QED) is 0.867. The van der Waals surface area contributed by atoms with Gasteiger partial charge in [-0.05, 0) is 36.5 Å². The first-order chi connectivity index (χ1) is 8.18. The fourth-order valence-electron chi connectivity index (χ4n) is 2.12. The largest absolute Gasteiger partial charge is 0.324 e. The molecule has 0 aliphatic heterocycles. The molecule has 2 heteroatoms. The maximum atomic E-state index is 6.28. The molecule has 0 amide bonds. The molecule has 1 atom stereocenters. The Morgan fingerprint density at radius 1 is 1.12 bits per heavy atom. The van der Waals surface area contributed by atoms with Crippen LogP contribution < -0.4 is 5.73 Å². The third-order valence-electron chi connectivity index (χ3n) is 3.13. The lowest BCUT2D eigenvalue weighted by atomic mass is 9.95. The number of hydrogen-bond donors (Lipinski definition) is 1. The van der Waals surface area contributed by atoms with Crippen LogP contribution in [0.15, 0.2) is 36.5 Å². The summed E-state index contributed by atoms with van der Waals surface area (Å²) in [7, 11) is 0. The SMILES string of the molecule is CC(C)CCC(N)c1cccc2ncccc12. The van der Waals surface area contributed by atoms with Crippen molar-refractivity contribution < 1.29 is 0 Å². The number of pyridine rings is 1. The molecule has 1 unspecified atom stereocenters. The van der Waals surface area contributed by atoms with E-state index in [-0.39, 0.29) is 6.04 Å². The molecule has 2 rings (SSSR count). The Hall–Kier alpha value is -1.41. The van der Waals surface area contributed by atoms with Gasteiger partial charge in [0.25, 0.3) is 0 Å². The van der Waals surface area contributed by atoms with Crippen molar-refractivity contribution in [3.8, 4) is 0 Å². The highest BCUT2D eigenvalue weighted by atomic mass is 14.7. The summed E-state index contributed by atoms with van der Waals surface area (Å²) in [5.74, 6) is 0.703. The summed E-state index contributed by atoms with van der Waals surface area (Å²) in [6.45, 7) is 4.47. The predicted molar refractivity (Wildman–Crippen MR) is 72.7 cm³/mol. The van der Waals surface area contributed by atoms with Crippen LogP contribution in [0.2, 0.25) is 0 Å². The molecule has 2 aromatic rings. The molecule has 0 fully saturated rings. The zero-order valence-electron chi connectivity index (χ0n) is 10.6. The van der Waals surface area contributed by atoms with E-state index in [1.807, 2.05) is 24.4 Å². The summed E-state index contributed by atoms with van der Waals surface area (Å²) in [4.78, 5) is 4.36. The summed E-state index contributed by atoms with van der Waals surface area (Å²) in [6, 6.07) is 10.4. The molecule has 0 saturated carbocycles. The van der Waals surface area contributed by atoms with Crippen LogP contribution in [0.4, 0.5) is 0 Å². The smallest absolute Gasteiger partial charge is 0.0705 e. The summed E-state index contributed by atoms with van der Waals surface area (Å²) >= 11 is 0. The van der Waals surface area contributed by atoms with Gasteiger partial charge in [0.05, 0.1) is 5.52 Å². The zero-order chi connectivity index (χ0) is 12.3. The van der Waals surface area contributed by atoms with E-state index in [1.165, 1.54) is 10.9 Å². The Balaban J connectivity index is 2.28. The van der Waals surface area contributed by atoms with Gasteiger partial charge in [-0.3, -0.25) is 4.98 Å². The van der Waals surface area contributed by atoms with Crippen molar-refractivity contribution in [2.75, 3.05) is 0 Å². The fourth-order valence-corrected chi connectivity index (χ4v) is 2.12. The highest BCUT2D eigenvalue weighted by molar-refractivity contribution is 5.82. The number of benzene rings is 1. The number of aromatic nitrogens is 1. The minimum absolute atomic E-state index is 0.116. The highest BCUT2D eigenvalue weighted by Crippen LogP contribution is 2.25. The maximum absolute atomic E-state index is 6.28. The second kappa shape index (κ2) is 5.28. The average molecular weight is 228 g/mol. The maximum Gasteiger partial charge on any atom is 0.0705 e. The lowest BCUT2D eigenvalue weighted by Crippen LogP contribution is -2.11. The van der Waals surface area contributed by atoms with Gasteiger partial charge in [0.2, 0.25) is 0 Å². The normalized spacial score (nSPS) is 13.2. The summed E-state index contributed by atoms with van der Waals surface area (Å²) in [5.41, 5.74) is 8.53. The van der Waals surface area contributed by atoms with E-state index in [1.54, 1.807) is 0 Å². The van der Waals surface area contributed by atoms with E-state index in [4.69, 9.17) is 5.73 Å². The Kier molecular flexibility index (Phi) is 3.75. The number of nitrogens with two attached hydrogens (primary N) is 1. The van der Waals surface area contributed by atoms with Crippen LogP contribution in [-0.4, -0.2) is 4.98 Å². The lowest BCUT2D eigenvalue weighted by Gasteiger charge is -2.15. The topological polar surface area (TPSA) is 38.9 Å². The van der Waals surface area contributed by atoms with Crippen LogP contribution in [0.5, 0.6) is 0 Å². The van der Waals surface area contributed by atoms with Crippen molar-refractivity contribution in [2.24, 2.45) is 11.7 Å². The average Bonchev–Trinajstić information content (AvgIpc) is 2.35. The van der Waals surface area contributed by atoms with Crippen LogP contribution >= 0.6 is 0 Å². The molecule has 0 radical (unpaired) electrons. The van der Waals surface area contributed by atoms with Gasteiger partial charge in [-0.2, -0.15) is 0 Å². The predicted octanol–water partition coefficient (Wildman–Crippen LogP) is 3.67. The first-order valence-corrected chi connectivity index (χ1v) is 6.27. The molecule has 1 aromatic carbocycles. The summed E-state index contributed by atoms with van der Waals surface area (Å²) < 4.78 is 0. The van der Waals surface area contributed by atoms with Gasteiger partial charge in [0.1, 0.15) is 0 Å². The highest BCUT2D eigenvalue weighted by Gasteiger charge is 2.10. The van der Waals surface area contributed by atoms with E-state index in [0.29, 0.717) is 5.92 Å². The van der Waals surface area contributed by atoms with Gasteiger partial charge < -0.3 is 5.73 Å². The Morgan fingerprint density at radius 3 is 2.71 bits per heavy atom. The molecule has 2 nitrogen and oxygen atoms in total. The van der Waals surface area contributed by atoms with E-state index >= 15 is 0 Å². The Labute approximate surface area is 103 Å². The van der Waals surface area contributed by atoms with E-state index in [2.05, 4.69) is 31.0 Å². The third-order valence-corrected chi connectivity index (χ3v) is 3.13. The van der Waals surface area contributed by atoms with Crippen molar-refractivity contribution >= 4 is 10.9 Å². The van der Waals surface area contributed by atoms with Crippen LogP contribution in [0.3, 0.4) is 0 Å². The van der Waals surface area contributed by atoms with Crippen molar-refractivity contribution in [1.29, 1.82) is 0 Å². The van der Waals surface area contributed by atoms with Crippen molar-refractivity contribution in [1.82, 2.24) is 4.98 Å². The van der Waals surface area contributed by atoms with Gasteiger partial charge in [-0.15, -0.1) is 0 Å². The molecule has 0 bridgehead atoms. The van der Waals surface area contributed by atoms with Crippen molar-refractivity contribution in [3.05, 3.63) is 42.1 Å². The lowest BCUT2D eigenvalue weighted by molar-refractivity contribution is 0.508. The number of nitrogens with zero attached hydrogens (tertiary/aromatic N) is 1. The molecule has 90 valence electrons. The van der Waals surface area contributed by atoms with E-state index in [9.17, 15) is 0 Å². The fraction of sp³-hybridized carbons (Fsp3) is 0.400. The molecule has 0 aliphatic rings. The van der Waals surface area contributed by atoms with Crippen LogP contribution in [0, 0.1) is 5.92 Å². The number of fused-ring (bicyclic) bond motifs is 1. The second-order valence-electron chi connectivity index (χ2n) is 5.00. The van der Waals surface area contributed by atoms with Gasteiger partial charge in [0.15, 0.2) is 0 Å². The second-order valence-corrected chi connectivity index (χ2v) is 5.00. The number of rotatable bonds is 4. The Bertz CT molecular complexity index is 486. The summed E-state index contributed by atoms with van der Waals surface area (Å²) in [6.07, 6.45) is 4.02. The van der Waals surface area contributed by atoms with E-state index in [0.717, 1.165) is 18.4 Å². The molecular formula is C15H20N2. The monoisotopic (exact) mass is 228 g/mol.